The van der Waals surface area contributed by atoms with E-state index in [4.69, 9.17) is 5.11 Å². The smallest absolute Gasteiger partial charge is 0.481 e. The summed E-state index contributed by atoms with van der Waals surface area (Å²) in [6.45, 7) is 0. The molecule has 0 aliphatic rings. The molecule has 134 valence electrons. The number of aromatic nitrogens is 1. The van der Waals surface area contributed by atoms with Crippen LogP contribution in [-0.4, -0.2) is 22.4 Å². The molecule has 0 bridgehead atoms. The van der Waals surface area contributed by atoms with Crippen molar-refractivity contribution in [2.75, 3.05) is 0 Å². The van der Waals surface area contributed by atoms with Crippen molar-refractivity contribution >= 4 is 5.97 Å². The maximum absolute atomic E-state index is 13.2. The average molecular weight is 365 g/mol. The Kier molecular flexibility index (Phi) is 4.91. The summed E-state index contributed by atoms with van der Waals surface area (Å²) in [5, 5.41) is 8.86. The minimum absolute atomic E-state index is 0.237. The highest BCUT2D eigenvalue weighted by molar-refractivity contribution is 5.78. The van der Waals surface area contributed by atoms with Gasteiger partial charge in [-0.2, -0.15) is 13.2 Å². The lowest BCUT2D eigenvalue weighted by Crippen LogP contribution is -2.17. The molecule has 0 saturated heterocycles. The number of carbonyl (C=O) groups is 1. The number of aliphatic carboxylic acids is 1. The SMILES string of the molecule is O=C(O)Cc1ccnc(C(F)(F)F)c1-c1cccc(OC(F)(F)F)c1. The van der Waals surface area contributed by atoms with Crippen LogP contribution in [0.5, 0.6) is 5.75 Å². The number of pyridine rings is 1. The fourth-order valence-corrected chi connectivity index (χ4v) is 2.20. The Balaban J connectivity index is 2.64. The second-order valence-corrected chi connectivity index (χ2v) is 4.84. The van der Waals surface area contributed by atoms with Crippen LogP contribution in [-0.2, 0) is 17.4 Å². The maximum Gasteiger partial charge on any atom is 0.573 e. The molecule has 0 aliphatic heterocycles. The maximum atomic E-state index is 13.2. The Labute approximate surface area is 136 Å². The van der Waals surface area contributed by atoms with Crippen molar-refractivity contribution in [3.63, 3.8) is 0 Å². The van der Waals surface area contributed by atoms with Gasteiger partial charge in [-0.15, -0.1) is 13.2 Å². The van der Waals surface area contributed by atoms with Crippen molar-refractivity contribution in [2.45, 2.75) is 19.0 Å². The van der Waals surface area contributed by atoms with E-state index < -0.39 is 41.9 Å². The molecule has 0 saturated carbocycles. The average Bonchev–Trinajstić information content (AvgIpc) is 2.44. The third-order valence-electron chi connectivity index (χ3n) is 3.00. The van der Waals surface area contributed by atoms with E-state index in [-0.39, 0.29) is 11.1 Å². The van der Waals surface area contributed by atoms with Gasteiger partial charge in [0.25, 0.3) is 0 Å². The molecule has 0 unspecified atom stereocenters. The van der Waals surface area contributed by atoms with Crippen LogP contribution in [0.4, 0.5) is 26.3 Å². The third kappa shape index (κ3) is 4.85. The van der Waals surface area contributed by atoms with Gasteiger partial charge < -0.3 is 9.84 Å². The number of rotatable bonds is 4. The number of hydrogen-bond donors (Lipinski definition) is 1. The highest BCUT2D eigenvalue weighted by atomic mass is 19.4. The lowest BCUT2D eigenvalue weighted by atomic mass is 9.96. The largest absolute Gasteiger partial charge is 0.573 e. The van der Waals surface area contributed by atoms with Crippen LogP contribution in [0.1, 0.15) is 11.3 Å². The standard InChI is InChI=1S/C15H9F6NO3/c16-14(17,18)13-12(9(4-5-22-13)7-11(23)24)8-2-1-3-10(6-8)25-15(19,20)21/h1-6H,7H2,(H,23,24). The van der Waals surface area contributed by atoms with Crippen LogP contribution < -0.4 is 4.74 Å². The molecule has 1 heterocycles. The number of hydrogen-bond acceptors (Lipinski definition) is 3. The van der Waals surface area contributed by atoms with Gasteiger partial charge in [0.15, 0.2) is 5.69 Å². The predicted octanol–water partition coefficient (Wildman–Crippen LogP) is 4.29. The van der Waals surface area contributed by atoms with E-state index in [1.807, 2.05) is 0 Å². The van der Waals surface area contributed by atoms with E-state index in [0.29, 0.717) is 0 Å². The van der Waals surface area contributed by atoms with Gasteiger partial charge in [0.2, 0.25) is 0 Å². The highest BCUT2D eigenvalue weighted by Crippen LogP contribution is 2.39. The number of benzene rings is 1. The van der Waals surface area contributed by atoms with Gasteiger partial charge in [0.05, 0.1) is 6.42 Å². The van der Waals surface area contributed by atoms with Crippen molar-refractivity contribution in [2.24, 2.45) is 0 Å². The summed E-state index contributed by atoms with van der Waals surface area (Å²) in [6.07, 6.45) is -9.92. The zero-order valence-electron chi connectivity index (χ0n) is 12.1. The van der Waals surface area contributed by atoms with E-state index in [1.165, 1.54) is 0 Å². The molecular formula is C15H9F6NO3. The molecule has 4 nitrogen and oxygen atoms in total. The molecule has 1 aromatic heterocycles. The minimum Gasteiger partial charge on any atom is -0.481 e. The summed E-state index contributed by atoms with van der Waals surface area (Å²) < 4.78 is 80.2. The van der Waals surface area contributed by atoms with Crippen molar-refractivity contribution in [3.8, 4) is 16.9 Å². The minimum atomic E-state index is -5.02. The molecule has 25 heavy (non-hydrogen) atoms. The predicted molar refractivity (Wildman–Crippen MR) is 72.7 cm³/mol. The first kappa shape index (κ1) is 18.6. The first-order valence-corrected chi connectivity index (χ1v) is 6.60. The Bertz CT molecular complexity index is 786. The van der Waals surface area contributed by atoms with E-state index in [9.17, 15) is 31.1 Å². The summed E-state index contributed by atoms with van der Waals surface area (Å²) >= 11 is 0. The van der Waals surface area contributed by atoms with Gasteiger partial charge in [-0.25, -0.2) is 0 Å². The Morgan fingerprint density at radius 3 is 2.36 bits per heavy atom. The number of carboxylic acids is 1. The molecule has 1 N–H and O–H groups in total. The van der Waals surface area contributed by atoms with Gasteiger partial charge in [0.1, 0.15) is 5.75 Å². The van der Waals surface area contributed by atoms with Crippen molar-refractivity contribution in [3.05, 3.63) is 47.8 Å². The molecule has 1 aromatic carbocycles. The summed E-state index contributed by atoms with van der Waals surface area (Å²) in [4.78, 5) is 14.1. The summed E-state index contributed by atoms with van der Waals surface area (Å²) in [5.74, 6) is -2.13. The molecular weight excluding hydrogens is 356 g/mol. The molecule has 2 aromatic rings. The van der Waals surface area contributed by atoms with Crippen LogP contribution in [0, 0.1) is 0 Å². The van der Waals surface area contributed by atoms with Gasteiger partial charge in [-0.1, -0.05) is 12.1 Å². The third-order valence-corrected chi connectivity index (χ3v) is 3.00. The van der Waals surface area contributed by atoms with Crippen molar-refractivity contribution in [1.29, 1.82) is 0 Å². The van der Waals surface area contributed by atoms with Crippen molar-refractivity contribution < 1.29 is 41.0 Å². The van der Waals surface area contributed by atoms with Gasteiger partial charge >= 0.3 is 18.5 Å². The van der Waals surface area contributed by atoms with Crippen molar-refractivity contribution in [1.82, 2.24) is 4.98 Å². The Morgan fingerprint density at radius 2 is 1.80 bits per heavy atom. The normalized spacial score (nSPS) is 12.1. The molecule has 0 atom stereocenters. The zero-order chi connectivity index (χ0) is 18.8. The number of carboxylic acid groups (broad SMARTS) is 1. The number of halogens is 6. The Hall–Kier alpha value is -2.78. The highest BCUT2D eigenvalue weighted by Gasteiger charge is 2.37. The molecule has 0 spiro atoms. The van der Waals surface area contributed by atoms with E-state index in [2.05, 4.69) is 9.72 Å². The number of nitrogens with zero attached hydrogens (tertiary/aromatic N) is 1. The second kappa shape index (κ2) is 6.61. The summed E-state index contributed by atoms with van der Waals surface area (Å²) in [7, 11) is 0. The summed E-state index contributed by atoms with van der Waals surface area (Å²) in [6, 6.07) is 4.90. The molecule has 0 radical (unpaired) electrons. The quantitative estimate of drug-likeness (QED) is 0.821. The van der Waals surface area contributed by atoms with Gasteiger partial charge in [-0.3, -0.25) is 9.78 Å². The number of alkyl halides is 6. The van der Waals surface area contributed by atoms with Crippen LogP contribution in [0.15, 0.2) is 36.5 Å². The number of ether oxygens (including phenoxy) is 1. The zero-order valence-corrected chi connectivity index (χ0v) is 12.1. The molecule has 10 heteroatoms. The molecule has 0 amide bonds. The fourth-order valence-electron chi connectivity index (χ4n) is 2.20. The van der Waals surface area contributed by atoms with Gasteiger partial charge in [-0.05, 0) is 29.3 Å². The fraction of sp³-hybridized carbons (Fsp3) is 0.200. The first-order valence-electron chi connectivity index (χ1n) is 6.60. The van der Waals surface area contributed by atoms with E-state index in [0.717, 1.165) is 36.5 Å². The van der Waals surface area contributed by atoms with Crippen LogP contribution in [0.25, 0.3) is 11.1 Å². The lowest BCUT2D eigenvalue weighted by Gasteiger charge is -2.16. The first-order chi connectivity index (χ1) is 11.5. The summed E-state index contributed by atoms with van der Waals surface area (Å²) in [5.41, 5.74) is -2.53. The Morgan fingerprint density at radius 1 is 1.12 bits per heavy atom. The van der Waals surface area contributed by atoms with Crippen LogP contribution in [0.2, 0.25) is 0 Å². The van der Waals surface area contributed by atoms with Crippen LogP contribution >= 0.6 is 0 Å². The molecule has 0 aliphatic carbocycles. The topological polar surface area (TPSA) is 59.4 Å². The van der Waals surface area contributed by atoms with Crippen LogP contribution in [0.3, 0.4) is 0 Å². The van der Waals surface area contributed by atoms with Gasteiger partial charge in [0, 0.05) is 11.8 Å². The van der Waals surface area contributed by atoms with E-state index >= 15 is 0 Å². The molecule has 0 fully saturated rings. The second-order valence-electron chi connectivity index (χ2n) is 4.84. The van der Waals surface area contributed by atoms with E-state index in [1.54, 1.807) is 0 Å². The lowest BCUT2D eigenvalue weighted by molar-refractivity contribution is -0.274. The molecule has 2 rings (SSSR count). The monoisotopic (exact) mass is 365 g/mol.